The van der Waals surface area contributed by atoms with Crippen LogP contribution >= 0.6 is 0 Å². The highest BCUT2D eigenvalue weighted by Gasteiger charge is 2.34. The van der Waals surface area contributed by atoms with Crippen LogP contribution in [0.3, 0.4) is 0 Å². The molecule has 3 heteroatoms. The molecule has 3 fully saturated rings. The van der Waals surface area contributed by atoms with E-state index in [1.54, 1.807) is 0 Å². The van der Waals surface area contributed by atoms with Crippen LogP contribution < -0.4 is 4.74 Å². The Balaban J connectivity index is 1.55. The third kappa shape index (κ3) is 4.26. The van der Waals surface area contributed by atoms with Gasteiger partial charge in [0.05, 0.1) is 6.61 Å². The highest BCUT2D eigenvalue weighted by Crippen LogP contribution is 2.37. The van der Waals surface area contributed by atoms with Crippen molar-refractivity contribution in [2.24, 2.45) is 11.8 Å². The van der Waals surface area contributed by atoms with Crippen molar-refractivity contribution in [2.75, 3.05) is 26.2 Å². The van der Waals surface area contributed by atoms with Gasteiger partial charge >= 0.3 is 0 Å². The van der Waals surface area contributed by atoms with Crippen LogP contribution in [0.25, 0.3) is 0 Å². The summed E-state index contributed by atoms with van der Waals surface area (Å²) in [5.41, 5.74) is 0.939. The highest BCUT2D eigenvalue weighted by molar-refractivity contribution is 5.38. The fourth-order valence-corrected chi connectivity index (χ4v) is 5.07. The van der Waals surface area contributed by atoms with Crippen molar-refractivity contribution in [1.29, 1.82) is 0 Å². The Bertz CT molecular complexity index is 723. The number of rotatable bonds is 7. The van der Waals surface area contributed by atoms with E-state index in [0.717, 1.165) is 35.3 Å². The van der Waals surface area contributed by atoms with E-state index in [9.17, 15) is 5.11 Å². The molecule has 1 aliphatic carbocycles. The average Bonchev–Trinajstić information content (AvgIpc) is 3.07. The molecule has 0 aromatic heterocycles. The second-order valence-corrected chi connectivity index (χ2v) is 8.58. The summed E-state index contributed by atoms with van der Waals surface area (Å²) >= 11 is 0. The van der Waals surface area contributed by atoms with Crippen molar-refractivity contribution < 1.29 is 9.84 Å². The van der Waals surface area contributed by atoms with E-state index in [-0.39, 0.29) is 0 Å². The first-order valence-electron chi connectivity index (χ1n) is 10.9. The van der Waals surface area contributed by atoms with E-state index in [0.29, 0.717) is 13.0 Å². The third-order valence-electron chi connectivity index (χ3n) is 6.68. The molecule has 5 rings (SSSR count). The van der Waals surface area contributed by atoms with Gasteiger partial charge in [0.15, 0.2) is 0 Å². The van der Waals surface area contributed by atoms with Crippen LogP contribution in [0.4, 0.5) is 0 Å². The average molecular weight is 380 g/mol. The van der Waals surface area contributed by atoms with E-state index >= 15 is 0 Å². The Morgan fingerprint density at radius 3 is 2.04 bits per heavy atom. The standard InChI is InChI=1S/C25H33NO2/c1-2-28-24-14-12-23(13-15-24)25(27,22-6-4-3-5-7-22)16-17-26-18-20-8-9-21(19-26)11-10-20/h3-7,12-15,20-21,27H,2,8-11,16-19H2,1H3. The lowest BCUT2D eigenvalue weighted by Gasteiger charge is -2.33. The summed E-state index contributed by atoms with van der Waals surface area (Å²) in [6.45, 7) is 5.98. The van der Waals surface area contributed by atoms with Gasteiger partial charge in [0.1, 0.15) is 11.4 Å². The molecule has 150 valence electrons. The second-order valence-electron chi connectivity index (χ2n) is 8.58. The van der Waals surface area contributed by atoms with Gasteiger partial charge in [-0.1, -0.05) is 42.5 Å². The van der Waals surface area contributed by atoms with E-state index in [4.69, 9.17) is 4.74 Å². The van der Waals surface area contributed by atoms with Crippen LogP contribution in [0.1, 0.15) is 50.2 Å². The van der Waals surface area contributed by atoms with Crippen LogP contribution in [0.2, 0.25) is 0 Å². The zero-order valence-corrected chi connectivity index (χ0v) is 17.0. The van der Waals surface area contributed by atoms with Crippen LogP contribution in [0, 0.1) is 11.8 Å². The van der Waals surface area contributed by atoms with Crippen molar-refractivity contribution >= 4 is 0 Å². The molecular weight excluding hydrogens is 346 g/mol. The van der Waals surface area contributed by atoms with Crippen molar-refractivity contribution in [3.63, 3.8) is 0 Å². The Morgan fingerprint density at radius 1 is 0.893 bits per heavy atom. The lowest BCUT2D eigenvalue weighted by molar-refractivity contribution is 0.0558. The number of nitrogens with zero attached hydrogens (tertiary/aromatic N) is 1. The van der Waals surface area contributed by atoms with Crippen molar-refractivity contribution in [3.8, 4) is 5.75 Å². The lowest BCUT2D eigenvalue weighted by atomic mass is 9.83. The molecule has 0 spiro atoms. The van der Waals surface area contributed by atoms with Gasteiger partial charge < -0.3 is 14.7 Å². The number of benzene rings is 2. The molecule has 1 atom stereocenters. The van der Waals surface area contributed by atoms with E-state index < -0.39 is 5.60 Å². The minimum absolute atomic E-state index is 0.652. The molecule has 1 unspecified atom stereocenters. The smallest absolute Gasteiger partial charge is 0.119 e. The van der Waals surface area contributed by atoms with Gasteiger partial charge in [-0.2, -0.15) is 0 Å². The minimum Gasteiger partial charge on any atom is -0.494 e. The van der Waals surface area contributed by atoms with Crippen LogP contribution in [-0.2, 0) is 5.60 Å². The summed E-state index contributed by atoms with van der Waals surface area (Å²) in [5.74, 6) is 2.56. The Kier molecular flexibility index (Phi) is 6.03. The maximum atomic E-state index is 11.9. The molecule has 2 bridgehead atoms. The molecular formula is C25H33NO2. The van der Waals surface area contributed by atoms with Crippen LogP contribution in [0.15, 0.2) is 54.6 Å². The van der Waals surface area contributed by atoms with Gasteiger partial charge in [-0.05, 0) is 74.1 Å². The molecule has 2 aliphatic heterocycles. The summed E-state index contributed by atoms with van der Waals surface area (Å²) < 4.78 is 5.59. The Labute approximate surface area is 169 Å². The monoisotopic (exact) mass is 379 g/mol. The van der Waals surface area contributed by atoms with Gasteiger partial charge in [-0.3, -0.25) is 0 Å². The molecule has 3 nitrogen and oxygen atoms in total. The zero-order valence-electron chi connectivity index (χ0n) is 17.0. The van der Waals surface area contributed by atoms with E-state index in [2.05, 4.69) is 4.90 Å². The SMILES string of the molecule is CCOc1ccc(C(O)(CCN2CC3CCC(CC3)C2)c2ccccc2)cc1. The first-order valence-corrected chi connectivity index (χ1v) is 10.9. The van der Waals surface area contributed by atoms with E-state index in [1.807, 2.05) is 61.5 Å². The highest BCUT2D eigenvalue weighted by atomic mass is 16.5. The summed E-state index contributed by atoms with van der Waals surface area (Å²) in [7, 11) is 0. The first-order chi connectivity index (χ1) is 13.7. The first kappa shape index (κ1) is 19.5. The number of hydrogen-bond acceptors (Lipinski definition) is 3. The van der Waals surface area contributed by atoms with Gasteiger partial charge in [0.2, 0.25) is 0 Å². The quantitative estimate of drug-likeness (QED) is 0.748. The predicted octanol–water partition coefficient (Wildman–Crippen LogP) is 4.83. The van der Waals surface area contributed by atoms with Gasteiger partial charge in [-0.25, -0.2) is 0 Å². The number of ether oxygens (including phenoxy) is 1. The van der Waals surface area contributed by atoms with E-state index in [1.165, 1.54) is 38.8 Å². The summed E-state index contributed by atoms with van der Waals surface area (Å²) in [6.07, 6.45) is 6.28. The molecule has 2 aromatic carbocycles. The second kappa shape index (κ2) is 8.67. The number of aliphatic hydroxyl groups is 1. The third-order valence-corrected chi connectivity index (χ3v) is 6.68. The largest absolute Gasteiger partial charge is 0.494 e. The molecule has 2 heterocycles. The summed E-state index contributed by atoms with van der Waals surface area (Å²) in [4.78, 5) is 2.61. The summed E-state index contributed by atoms with van der Waals surface area (Å²) in [6, 6.07) is 18.1. The minimum atomic E-state index is -0.975. The van der Waals surface area contributed by atoms with Crippen LogP contribution in [-0.4, -0.2) is 36.2 Å². The molecule has 0 amide bonds. The normalized spacial score (nSPS) is 24.5. The maximum Gasteiger partial charge on any atom is 0.119 e. The maximum absolute atomic E-state index is 11.9. The van der Waals surface area contributed by atoms with Crippen molar-refractivity contribution in [2.45, 2.75) is 44.6 Å². The van der Waals surface area contributed by atoms with Gasteiger partial charge in [-0.15, -0.1) is 0 Å². The fraction of sp³-hybridized carbons (Fsp3) is 0.520. The molecule has 28 heavy (non-hydrogen) atoms. The van der Waals surface area contributed by atoms with Crippen molar-refractivity contribution in [1.82, 2.24) is 4.90 Å². The number of fused-ring (bicyclic) bond motifs is 4. The molecule has 2 saturated heterocycles. The van der Waals surface area contributed by atoms with Crippen LogP contribution in [0.5, 0.6) is 5.75 Å². The lowest BCUT2D eigenvalue weighted by Crippen LogP contribution is -2.36. The Hall–Kier alpha value is -1.84. The summed E-state index contributed by atoms with van der Waals surface area (Å²) in [5, 5.41) is 11.9. The molecule has 3 aliphatic rings. The molecule has 2 aromatic rings. The molecule has 1 N–H and O–H groups in total. The molecule has 0 radical (unpaired) electrons. The van der Waals surface area contributed by atoms with Crippen molar-refractivity contribution in [3.05, 3.63) is 65.7 Å². The number of hydrogen-bond donors (Lipinski definition) is 1. The van der Waals surface area contributed by atoms with Gasteiger partial charge in [0.25, 0.3) is 0 Å². The van der Waals surface area contributed by atoms with Gasteiger partial charge in [0, 0.05) is 19.6 Å². The fourth-order valence-electron chi connectivity index (χ4n) is 5.07. The zero-order chi connectivity index (χ0) is 19.4. The Morgan fingerprint density at radius 2 is 1.46 bits per heavy atom. The topological polar surface area (TPSA) is 32.7 Å². The molecule has 1 saturated carbocycles. The predicted molar refractivity (Wildman–Crippen MR) is 114 cm³/mol.